The average Bonchev–Trinajstić information content (AvgIpc) is 0.877. The van der Waals surface area contributed by atoms with E-state index >= 15 is 0 Å². The van der Waals surface area contributed by atoms with Gasteiger partial charge >= 0.3 is 34.5 Å². The second-order valence-electron chi connectivity index (χ2n) is 22.4. The van der Waals surface area contributed by atoms with Crippen LogP contribution in [-0.2, 0) is 39.8 Å². The number of methoxy groups -OCH3 is 1. The number of hydrogen-bond donors (Lipinski definition) is 3. The Morgan fingerprint density at radius 2 is 0.714 bits per heavy atom. The van der Waals surface area contributed by atoms with Crippen molar-refractivity contribution in [1.29, 1.82) is 0 Å². The molecule has 35 heteroatoms. The number of nitro benzene ring substituents is 5. The lowest BCUT2D eigenvalue weighted by Crippen LogP contribution is -2.48. The van der Waals surface area contributed by atoms with E-state index in [2.05, 4.69) is 92.1 Å². The van der Waals surface area contributed by atoms with Crippen molar-refractivity contribution >= 4 is 84.7 Å². The molecule has 0 atom stereocenters. The number of amides is 2. The zero-order valence-electron chi connectivity index (χ0n) is 55.7. The van der Waals surface area contributed by atoms with Gasteiger partial charge in [-0.3, -0.25) is 75.0 Å². The molecule has 98 heavy (non-hydrogen) atoms. The van der Waals surface area contributed by atoms with Crippen LogP contribution in [0.15, 0.2) is 91.0 Å². The SMILES string of the molecule is C1CNCCN1.CC(=O)N1CCNCC1.CCN(C(C)C)C(C)C.COC(=O)N1CCN(Cc2cccc([N+](=O)[O-])c2F)CC1.Cl.O=[N+]([O-])c1cccc(CBr)c1F.O=[N+]([O-])c1cccc(CBr)c1F.O=[N+]([O-])c1cccc(CN2CCN(Cc3cccc([N+](=O)[O-])c3F)CC2)c1F. The highest BCUT2D eigenvalue weighted by molar-refractivity contribution is 9.08. The molecule has 3 N–H and O–H groups in total. The standard InChI is InChI=1S/C18H18F2N4O4.C13H16FN3O4.C8H19N.2C7H5BrFNO2.C6H12N2O.C4H10N2.ClH/c19-17-13(3-1-5-15(17)23(25)26)11-21-7-9-22(10-8-21)12-14-4-2-6-16(18(14)20)24(27)28;1-21-13(18)16-7-5-15(6-8-16)9-10-3-2-4-11(12(10)14)17(19)20;1-6-9(7(2)3)8(4)5;2*8-4-5-2-1-3-6(7(5)9)10(11)12;1-6(9)8-4-2-7-3-5-8;1-2-6-4-3-5-1;/h1-6H,7-12H2;2-4H,5-9H2,1H3;7-8H,6H2,1-5H3;2*1-3H,4H2;7H,2-5H2,1H3;5-6H,1-4H2;1H. The zero-order chi connectivity index (χ0) is 72.3. The lowest BCUT2D eigenvalue weighted by Gasteiger charge is -2.34. The number of ether oxygens (including phenoxy) is 1. The van der Waals surface area contributed by atoms with Crippen molar-refractivity contribution in [1.82, 2.24) is 45.3 Å². The largest absolute Gasteiger partial charge is 0.453 e. The van der Waals surface area contributed by atoms with E-state index in [0.29, 0.717) is 75.6 Å². The zero-order valence-corrected chi connectivity index (χ0v) is 59.6. The van der Waals surface area contributed by atoms with Gasteiger partial charge in [-0.1, -0.05) is 99.4 Å². The lowest BCUT2D eigenvalue weighted by atomic mass is 10.1. The molecule has 0 unspecified atom stereocenters. The number of carbonyl (C=O) groups excluding carboxylic acids is 2. The van der Waals surface area contributed by atoms with Crippen molar-refractivity contribution in [3.63, 3.8) is 0 Å². The molecule has 9 rings (SSSR count). The van der Waals surface area contributed by atoms with Gasteiger partial charge in [0.15, 0.2) is 0 Å². The van der Waals surface area contributed by atoms with Gasteiger partial charge in [-0.15, -0.1) is 12.4 Å². The Morgan fingerprint density at radius 1 is 0.459 bits per heavy atom. The Balaban J connectivity index is 0.000000412. The van der Waals surface area contributed by atoms with Gasteiger partial charge < -0.3 is 30.5 Å². The Bertz CT molecular complexity index is 3200. The number of benzene rings is 5. The van der Waals surface area contributed by atoms with Crippen molar-refractivity contribution in [2.75, 3.05) is 118 Å². The van der Waals surface area contributed by atoms with Crippen molar-refractivity contribution in [3.05, 3.63) is 198 Å². The molecule has 27 nitrogen and oxygen atoms in total. The van der Waals surface area contributed by atoms with E-state index in [9.17, 15) is 82.1 Å². The summed E-state index contributed by atoms with van der Waals surface area (Å²) in [4.78, 5) is 83.0. The number of halogens is 8. The Hall–Kier alpha value is -7.54. The molecule has 4 saturated heterocycles. The molecule has 0 aliphatic carbocycles. The van der Waals surface area contributed by atoms with E-state index in [1.54, 1.807) is 11.8 Å². The summed E-state index contributed by atoms with van der Waals surface area (Å²) in [6.07, 6.45) is -0.379. The predicted octanol–water partition coefficient (Wildman–Crippen LogP) is 11.1. The second-order valence-corrected chi connectivity index (χ2v) is 23.5. The summed E-state index contributed by atoms with van der Waals surface area (Å²) < 4.78 is 73.2. The van der Waals surface area contributed by atoms with Crippen molar-refractivity contribution in [3.8, 4) is 0 Å². The van der Waals surface area contributed by atoms with Gasteiger partial charge in [-0.2, -0.15) is 22.0 Å². The van der Waals surface area contributed by atoms with Crippen LogP contribution in [0, 0.1) is 79.7 Å². The number of rotatable bonds is 16. The second kappa shape index (κ2) is 45.9. The molecule has 4 fully saturated rings. The number of carbonyl (C=O) groups is 2. The minimum absolute atomic E-state index is 0. The lowest BCUT2D eigenvalue weighted by molar-refractivity contribution is -0.387. The number of alkyl halides is 2. The van der Waals surface area contributed by atoms with Gasteiger partial charge in [-0.25, -0.2) is 4.79 Å². The third-order valence-electron chi connectivity index (χ3n) is 15.2. The van der Waals surface area contributed by atoms with Crippen molar-refractivity contribution in [2.45, 2.75) is 83.9 Å². The number of nitrogens with one attached hydrogen (secondary N) is 3. The Kier molecular flexibility index (Phi) is 40.6. The summed E-state index contributed by atoms with van der Waals surface area (Å²) >= 11 is 6.06. The van der Waals surface area contributed by atoms with Crippen LogP contribution in [0.4, 0.5) is 55.2 Å². The molecule has 0 saturated carbocycles. The van der Waals surface area contributed by atoms with Crippen LogP contribution in [0.5, 0.6) is 0 Å². The van der Waals surface area contributed by atoms with Gasteiger partial charge in [0.05, 0.1) is 31.7 Å². The molecular weight excluding hydrogens is 1450 g/mol. The van der Waals surface area contributed by atoms with Crippen LogP contribution in [0.25, 0.3) is 0 Å². The molecule has 0 spiro atoms. The van der Waals surface area contributed by atoms with Crippen LogP contribution in [-0.4, -0.2) is 196 Å². The van der Waals surface area contributed by atoms with Gasteiger partial charge in [0, 0.05) is 212 Å². The molecule has 0 bridgehead atoms. The number of nitrogens with zero attached hydrogens (tertiary/aromatic N) is 11. The van der Waals surface area contributed by atoms with Gasteiger partial charge in [-0.05, 0) is 34.2 Å². The number of nitro groups is 5. The quantitative estimate of drug-likeness (QED) is 0.0358. The maximum absolute atomic E-state index is 14.2. The summed E-state index contributed by atoms with van der Waals surface area (Å²) in [6.45, 7) is 27.3. The molecule has 542 valence electrons. The first-order chi connectivity index (χ1) is 46.1. The van der Waals surface area contributed by atoms with Crippen LogP contribution >= 0.6 is 44.3 Å². The fraction of sp³-hybridized carbons (Fsp3) is 0.492. The maximum atomic E-state index is 14.2. The summed E-state index contributed by atoms with van der Waals surface area (Å²) in [6, 6.07) is 21.9. The molecule has 4 aliphatic heterocycles. The normalized spacial score (nSPS) is 14.6. The summed E-state index contributed by atoms with van der Waals surface area (Å²) in [5.41, 5.74) is -1.17. The topological polar surface area (TPSA) is 315 Å². The fourth-order valence-corrected chi connectivity index (χ4v) is 10.9. The minimum Gasteiger partial charge on any atom is -0.453 e. The van der Waals surface area contributed by atoms with Crippen molar-refractivity contribution < 1.29 is 60.9 Å². The molecular formula is C63H86Br2ClF5N14O13. The minimum atomic E-state index is -0.825. The Morgan fingerprint density at radius 3 is 0.918 bits per heavy atom. The maximum Gasteiger partial charge on any atom is 0.409 e. The molecule has 5 aromatic rings. The molecule has 0 radical (unpaired) electrons. The first-order valence-electron chi connectivity index (χ1n) is 31.0. The van der Waals surface area contributed by atoms with Crippen molar-refractivity contribution in [2.24, 2.45) is 0 Å². The van der Waals surface area contributed by atoms with Crippen LogP contribution in [0.3, 0.4) is 0 Å². The van der Waals surface area contributed by atoms with Crippen LogP contribution < -0.4 is 16.0 Å². The summed E-state index contributed by atoms with van der Waals surface area (Å²) in [5.74, 6) is -3.78. The Labute approximate surface area is 588 Å². The highest BCUT2D eigenvalue weighted by Crippen LogP contribution is 2.27. The first kappa shape index (κ1) is 86.5. The van der Waals surface area contributed by atoms with Crippen LogP contribution in [0.2, 0.25) is 0 Å². The highest BCUT2D eigenvalue weighted by atomic mass is 79.9. The average molecular weight is 1540 g/mol. The number of piperazine rings is 4. The van der Waals surface area contributed by atoms with E-state index in [0.717, 1.165) is 89.2 Å². The molecule has 0 aromatic heterocycles. The van der Waals surface area contributed by atoms with E-state index in [-0.39, 0.29) is 71.4 Å². The molecule has 5 aromatic carbocycles. The van der Waals surface area contributed by atoms with Gasteiger partial charge in [0.2, 0.25) is 35.0 Å². The number of hydrogen-bond acceptors (Lipinski definition) is 20. The van der Waals surface area contributed by atoms with E-state index in [4.69, 9.17) is 0 Å². The predicted molar refractivity (Wildman–Crippen MR) is 371 cm³/mol. The van der Waals surface area contributed by atoms with Gasteiger partial charge in [0.1, 0.15) is 0 Å². The summed E-state index contributed by atoms with van der Waals surface area (Å²) in [5, 5.41) is 63.1. The highest BCUT2D eigenvalue weighted by Gasteiger charge is 2.27. The molecule has 4 heterocycles. The van der Waals surface area contributed by atoms with E-state index < -0.39 is 82.1 Å². The van der Waals surface area contributed by atoms with E-state index in [1.807, 2.05) is 19.6 Å². The molecule has 4 aliphatic rings. The van der Waals surface area contributed by atoms with Crippen LogP contribution in [0.1, 0.15) is 69.4 Å². The third-order valence-corrected chi connectivity index (χ3v) is 16.4. The molecule has 2 amide bonds. The third kappa shape index (κ3) is 29.1. The fourth-order valence-electron chi connectivity index (χ4n) is 10.1. The smallest absolute Gasteiger partial charge is 0.409 e. The first-order valence-corrected chi connectivity index (χ1v) is 33.2. The summed E-state index contributed by atoms with van der Waals surface area (Å²) in [7, 11) is 1.33. The van der Waals surface area contributed by atoms with Gasteiger partial charge in [0.25, 0.3) is 0 Å². The van der Waals surface area contributed by atoms with E-state index in [1.165, 1.54) is 67.8 Å². The monoisotopic (exact) mass is 1530 g/mol.